The summed E-state index contributed by atoms with van der Waals surface area (Å²) in [6.45, 7) is 4.61. The Balaban J connectivity index is 1.54. The van der Waals surface area contributed by atoms with E-state index in [0.29, 0.717) is 48.1 Å². The Hall–Kier alpha value is -3.87. The van der Waals surface area contributed by atoms with E-state index >= 15 is 0 Å². The van der Waals surface area contributed by atoms with Gasteiger partial charge in [0.25, 0.3) is 0 Å². The van der Waals surface area contributed by atoms with Crippen molar-refractivity contribution in [3.63, 3.8) is 0 Å². The van der Waals surface area contributed by atoms with E-state index in [9.17, 15) is 5.11 Å². The van der Waals surface area contributed by atoms with E-state index in [1.165, 1.54) is 10.8 Å². The van der Waals surface area contributed by atoms with Gasteiger partial charge in [0.05, 0.1) is 18.9 Å². The van der Waals surface area contributed by atoms with Gasteiger partial charge in [0.2, 0.25) is 5.82 Å². The fraction of sp³-hybridized carbons (Fsp3) is 0.345. The van der Waals surface area contributed by atoms with Crippen LogP contribution in [0.1, 0.15) is 57.0 Å². The number of nitrogens with zero attached hydrogens (tertiary/aromatic N) is 4. The number of imidazole rings is 1. The molecule has 5 rings (SSSR count). The van der Waals surface area contributed by atoms with Crippen molar-refractivity contribution in [1.82, 2.24) is 19.5 Å². The van der Waals surface area contributed by atoms with Gasteiger partial charge in [0.1, 0.15) is 5.60 Å². The van der Waals surface area contributed by atoms with Crippen LogP contribution in [0.4, 0.5) is 5.82 Å². The average molecular weight is 464 g/mol. The van der Waals surface area contributed by atoms with E-state index in [-0.39, 0.29) is 6.04 Å². The molecular weight excluding hydrogens is 434 g/mol. The molecule has 0 amide bonds. The van der Waals surface area contributed by atoms with Crippen LogP contribution in [-0.2, 0) is 6.54 Å². The van der Waals surface area contributed by atoms with Crippen LogP contribution >= 0.6 is 0 Å². The topological polar surface area (TPSA) is 75.9 Å². The molecule has 35 heavy (non-hydrogen) atoms. The van der Waals surface area contributed by atoms with E-state index in [4.69, 9.17) is 11.4 Å². The lowest BCUT2D eigenvalue weighted by Gasteiger charge is -2.30. The number of nitrogens with one attached hydrogen (secondary N) is 1. The zero-order chi connectivity index (χ0) is 24.4. The monoisotopic (exact) mass is 463 g/mol. The molecule has 4 aromatic rings. The summed E-state index contributed by atoms with van der Waals surface area (Å²) in [4.78, 5) is 13.9. The van der Waals surface area contributed by atoms with Crippen molar-refractivity contribution < 1.29 is 5.11 Å². The van der Waals surface area contributed by atoms with E-state index < -0.39 is 5.60 Å². The normalized spacial score (nSPS) is 20.7. The minimum atomic E-state index is -1.00. The van der Waals surface area contributed by atoms with Gasteiger partial charge in [-0.2, -0.15) is 0 Å². The minimum absolute atomic E-state index is 0.0406. The smallest absolute Gasteiger partial charge is 0.209 e. The SMILES string of the molecule is C#CCn1cnc2c(N[C@@H](C)c3cccc4ccccc34)nc(C#C[C@]3(O)CCC[C@@H](C)C3)nc21. The maximum absolute atomic E-state index is 11.0. The molecule has 3 atom stereocenters. The third kappa shape index (κ3) is 4.71. The molecule has 1 fully saturated rings. The Morgan fingerprint density at radius 1 is 1.23 bits per heavy atom. The molecule has 2 aromatic heterocycles. The van der Waals surface area contributed by atoms with E-state index in [0.717, 1.165) is 18.4 Å². The van der Waals surface area contributed by atoms with Gasteiger partial charge in [-0.1, -0.05) is 67.6 Å². The molecule has 2 N–H and O–H groups in total. The molecule has 6 nitrogen and oxygen atoms in total. The molecular formula is C29H29N5O. The van der Waals surface area contributed by atoms with Crippen LogP contribution in [0.15, 0.2) is 48.8 Å². The number of hydrogen-bond acceptors (Lipinski definition) is 5. The van der Waals surface area contributed by atoms with Crippen molar-refractivity contribution in [3.05, 3.63) is 60.2 Å². The number of rotatable bonds is 4. The van der Waals surface area contributed by atoms with Crippen molar-refractivity contribution in [1.29, 1.82) is 0 Å². The first-order chi connectivity index (χ1) is 17.0. The summed E-state index contributed by atoms with van der Waals surface area (Å²) in [5, 5.41) is 16.9. The number of hydrogen-bond donors (Lipinski definition) is 2. The largest absolute Gasteiger partial charge is 0.378 e. The summed E-state index contributed by atoms with van der Waals surface area (Å²) in [6.07, 6.45) is 10.7. The van der Waals surface area contributed by atoms with Crippen LogP contribution in [-0.4, -0.2) is 30.2 Å². The van der Waals surface area contributed by atoms with Gasteiger partial charge in [0, 0.05) is 0 Å². The highest BCUT2D eigenvalue weighted by Gasteiger charge is 2.30. The van der Waals surface area contributed by atoms with Gasteiger partial charge < -0.3 is 15.0 Å². The lowest BCUT2D eigenvalue weighted by atomic mass is 9.79. The first-order valence-electron chi connectivity index (χ1n) is 12.1. The van der Waals surface area contributed by atoms with Crippen LogP contribution in [0.3, 0.4) is 0 Å². The average Bonchev–Trinajstić information content (AvgIpc) is 3.25. The molecule has 2 heterocycles. The molecule has 1 aliphatic rings. The van der Waals surface area contributed by atoms with Crippen molar-refractivity contribution in [2.45, 2.75) is 57.7 Å². The molecule has 6 heteroatoms. The van der Waals surface area contributed by atoms with E-state index in [1.54, 1.807) is 6.33 Å². The van der Waals surface area contributed by atoms with Gasteiger partial charge in [-0.15, -0.1) is 6.42 Å². The zero-order valence-electron chi connectivity index (χ0n) is 20.1. The maximum Gasteiger partial charge on any atom is 0.209 e. The first kappa shape index (κ1) is 22.9. The van der Waals surface area contributed by atoms with Gasteiger partial charge >= 0.3 is 0 Å². The second-order valence-corrected chi connectivity index (χ2v) is 9.56. The molecule has 0 spiro atoms. The van der Waals surface area contributed by atoms with Crippen molar-refractivity contribution in [2.24, 2.45) is 5.92 Å². The lowest BCUT2D eigenvalue weighted by molar-refractivity contribution is 0.0410. The molecule has 1 aliphatic carbocycles. The number of aliphatic hydroxyl groups is 1. The van der Waals surface area contributed by atoms with Crippen LogP contribution in [0.2, 0.25) is 0 Å². The molecule has 0 bridgehead atoms. The summed E-state index contributed by atoms with van der Waals surface area (Å²) < 4.78 is 1.81. The molecule has 2 aromatic carbocycles. The Morgan fingerprint density at radius 2 is 2.06 bits per heavy atom. The van der Waals surface area contributed by atoms with E-state index in [2.05, 4.69) is 77.2 Å². The highest BCUT2D eigenvalue weighted by atomic mass is 16.3. The maximum atomic E-state index is 11.0. The Bertz CT molecular complexity index is 1480. The summed E-state index contributed by atoms with van der Waals surface area (Å²) in [6, 6.07) is 14.6. The number of fused-ring (bicyclic) bond motifs is 2. The summed E-state index contributed by atoms with van der Waals surface area (Å²) >= 11 is 0. The predicted molar refractivity (Wildman–Crippen MR) is 140 cm³/mol. The van der Waals surface area contributed by atoms with Crippen molar-refractivity contribution in [3.8, 4) is 24.2 Å². The van der Waals surface area contributed by atoms with Crippen LogP contribution in [0, 0.1) is 30.1 Å². The number of terminal acetylenes is 1. The highest BCUT2D eigenvalue weighted by Crippen LogP contribution is 2.32. The van der Waals surface area contributed by atoms with Gasteiger partial charge in [-0.05, 0) is 54.4 Å². The van der Waals surface area contributed by atoms with Gasteiger partial charge in [0.15, 0.2) is 17.0 Å². The Morgan fingerprint density at radius 3 is 2.89 bits per heavy atom. The quantitative estimate of drug-likeness (QED) is 0.413. The van der Waals surface area contributed by atoms with Crippen LogP contribution in [0.25, 0.3) is 21.9 Å². The number of benzene rings is 2. The fourth-order valence-electron chi connectivity index (χ4n) is 5.04. The first-order valence-corrected chi connectivity index (χ1v) is 12.1. The Labute approximate surface area is 205 Å². The fourth-order valence-corrected chi connectivity index (χ4v) is 5.04. The second-order valence-electron chi connectivity index (χ2n) is 9.56. The number of aromatic nitrogens is 4. The minimum Gasteiger partial charge on any atom is -0.378 e. The molecule has 176 valence electrons. The third-order valence-corrected chi connectivity index (χ3v) is 6.75. The molecule has 1 saturated carbocycles. The van der Waals surface area contributed by atoms with Crippen molar-refractivity contribution >= 4 is 27.8 Å². The summed E-state index contributed by atoms with van der Waals surface area (Å²) in [5.41, 5.74) is 1.43. The predicted octanol–water partition coefficient (Wildman–Crippen LogP) is 5.08. The second kappa shape index (κ2) is 9.41. The molecule has 0 unspecified atom stereocenters. The van der Waals surface area contributed by atoms with Crippen molar-refractivity contribution in [2.75, 3.05) is 5.32 Å². The van der Waals surface area contributed by atoms with Gasteiger partial charge in [-0.25, -0.2) is 15.0 Å². The third-order valence-electron chi connectivity index (χ3n) is 6.75. The number of anilines is 1. The summed E-state index contributed by atoms with van der Waals surface area (Å²) in [5.74, 6) is 10.2. The lowest BCUT2D eigenvalue weighted by Crippen LogP contribution is -2.32. The Kier molecular flexibility index (Phi) is 6.16. The summed E-state index contributed by atoms with van der Waals surface area (Å²) in [7, 11) is 0. The molecule has 0 radical (unpaired) electrons. The standard InChI is InChI=1S/C29H29N5O/c1-4-17-34-19-30-26-27(31-21(3)23-13-7-11-22-10-5-6-12-24(22)23)32-25(33-28(26)34)14-16-29(35)15-8-9-20(2)18-29/h1,5-7,10-13,19-21,35H,8-9,15,17-18H2,2-3H3,(H,31,32,33)/t20-,21+,29-/m1/s1. The zero-order valence-corrected chi connectivity index (χ0v) is 20.1. The van der Waals surface area contributed by atoms with Gasteiger partial charge in [-0.3, -0.25) is 0 Å². The van der Waals surface area contributed by atoms with E-state index in [1.807, 2.05) is 16.7 Å². The van der Waals surface area contributed by atoms with Crippen LogP contribution < -0.4 is 5.32 Å². The highest BCUT2D eigenvalue weighted by molar-refractivity contribution is 5.87. The van der Waals surface area contributed by atoms with Crippen LogP contribution in [0.5, 0.6) is 0 Å². The molecule has 0 saturated heterocycles. The molecule has 0 aliphatic heterocycles.